The van der Waals surface area contributed by atoms with Crippen molar-refractivity contribution in [2.45, 2.75) is 0 Å². The fraction of sp³-hybridized carbons (Fsp3) is 0. The van der Waals surface area contributed by atoms with Gasteiger partial charge in [-0.2, -0.15) is 0 Å². The molecule has 1 atom stereocenters. The predicted molar refractivity (Wildman–Crippen MR) is 141 cm³/mol. The summed E-state index contributed by atoms with van der Waals surface area (Å²) in [5.41, 5.74) is -0.0468. The van der Waals surface area contributed by atoms with Crippen LogP contribution in [0.5, 0.6) is 0 Å². The summed E-state index contributed by atoms with van der Waals surface area (Å²) in [6.45, 7) is 0. The molecule has 0 saturated heterocycles. The van der Waals surface area contributed by atoms with Gasteiger partial charge in [-0.1, -0.05) is 35.3 Å². The van der Waals surface area contributed by atoms with E-state index < -0.39 is 10.5 Å². The van der Waals surface area contributed by atoms with Crippen molar-refractivity contribution in [3.63, 3.8) is 0 Å². The molecule has 0 N–H and O–H groups in total. The van der Waals surface area contributed by atoms with E-state index >= 15 is 0 Å². The molecule has 0 aliphatic rings. The summed E-state index contributed by atoms with van der Waals surface area (Å²) in [5.74, 6) is 0. The van der Waals surface area contributed by atoms with Gasteiger partial charge < -0.3 is 0 Å². The number of hydrogen-bond donors (Lipinski definition) is 0. The summed E-state index contributed by atoms with van der Waals surface area (Å²) in [4.78, 5) is 27.5. The van der Waals surface area contributed by atoms with Gasteiger partial charge in [0, 0.05) is 52.8 Å². The highest BCUT2D eigenvalue weighted by Crippen LogP contribution is 2.44. The maximum Gasteiger partial charge on any atom is 0.204 e. The molecule has 1 unspecified atom stereocenters. The minimum atomic E-state index is -0.529. The summed E-state index contributed by atoms with van der Waals surface area (Å²) in [6, 6.07) is 24.6. The lowest BCUT2D eigenvalue weighted by Gasteiger charge is -2.05. The van der Waals surface area contributed by atoms with E-state index in [2.05, 4.69) is 6.07 Å². The summed E-state index contributed by atoms with van der Waals surface area (Å²) in [7, 11) is -0.529. The quantitative estimate of drug-likeness (QED) is 0.172. The summed E-state index contributed by atoms with van der Waals surface area (Å²) in [6.07, 6.45) is 0. The normalized spacial score (nSPS) is 12.2. The topological polar surface area (TPSA) is 34.1 Å². The molecule has 6 rings (SSSR count). The van der Waals surface area contributed by atoms with Crippen molar-refractivity contribution < 1.29 is 0 Å². The van der Waals surface area contributed by atoms with Crippen LogP contribution in [0.15, 0.2) is 88.5 Å². The molecule has 0 aliphatic heterocycles. The third-order valence-corrected chi connectivity index (χ3v) is 9.53. The van der Waals surface area contributed by atoms with Crippen LogP contribution in [0.25, 0.3) is 45.2 Å². The second-order valence-electron chi connectivity index (χ2n) is 7.50. The largest absolute Gasteiger partial charge is 0.288 e. The summed E-state index contributed by atoms with van der Waals surface area (Å²) < 4.78 is 3.73. The Labute approximate surface area is 198 Å². The van der Waals surface area contributed by atoms with Crippen LogP contribution < -0.4 is 10.9 Å². The van der Waals surface area contributed by atoms with Gasteiger partial charge in [-0.3, -0.25) is 9.59 Å². The van der Waals surface area contributed by atoms with Gasteiger partial charge in [0.25, 0.3) is 0 Å². The van der Waals surface area contributed by atoms with E-state index in [1.165, 1.54) is 0 Å². The highest BCUT2D eigenvalue weighted by atomic mass is 35.5. The first-order valence-corrected chi connectivity index (χ1v) is 12.6. The molecule has 6 aromatic rings. The molecule has 0 amide bonds. The molecular weight excluding hydrogens is 479 g/mol. The lowest BCUT2D eigenvalue weighted by atomic mass is 10.2. The smallest absolute Gasteiger partial charge is 0.204 e. The lowest BCUT2D eigenvalue weighted by molar-refractivity contribution is 1.74. The van der Waals surface area contributed by atoms with E-state index in [0.29, 0.717) is 31.6 Å². The zero-order valence-corrected chi connectivity index (χ0v) is 19.5. The zero-order chi connectivity index (χ0) is 22.0. The molecule has 4 aromatic carbocycles. The van der Waals surface area contributed by atoms with E-state index in [4.69, 9.17) is 23.2 Å². The SMILES string of the molecule is O=c1c2cc(Cl)ccc2sc2ccc(-[s+]3c4ccccc4c(=O)c4cc(Cl)ccc43)cc12. The minimum Gasteiger partial charge on any atom is -0.288 e. The molecule has 154 valence electrons. The molecule has 6 heteroatoms. The van der Waals surface area contributed by atoms with Gasteiger partial charge in [0.2, 0.25) is 5.43 Å². The van der Waals surface area contributed by atoms with Gasteiger partial charge in [0.15, 0.2) is 19.7 Å². The predicted octanol–water partition coefficient (Wildman–Crippen LogP) is 8.13. The molecule has 2 heterocycles. The Bertz CT molecular complexity index is 1850. The molecular formula is C26H13Cl2O2S2+. The van der Waals surface area contributed by atoms with Crippen molar-refractivity contribution in [1.82, 2.24) is 0 Å². The van der Waals surface area contributed by atoms with Crippen LogP contribution in [-0.4, -0.2) is 0 Å². The van der Waals surface area contributed by atoms with Gasteiger partial charge in [0.1, 0.15) is 0 Å². The van der Waals surface area contributed by atoms with E-state index in [1.54, 1.807) is 29.5 Å². The third-order valence-electron chi connectivity index (χ3n) is 5.60. The molecule has 2 nitrogen and oxygen atoms in total. The number of benzene rings is 4. The first kappa shape index (κ1) is 19.9. The van der Waals surface area contributed by atoms with Crippen LogP contribution in [0.3, 0.4) is 0 Å². The lowest BCUT2D eigenvalue weighted by Crippen LogP contribution is -2.03. The molecule has 2 aromatic heterocycles. The average molecular weight is 492 g/mol. The van der Waals surface area contributed by atoms with Gasteiger partial charge in [-0.05, 0) is 54.6 Å². The molecule has 0 bridgehead atoms. The Hall–Kier alpha value is -2.76. The van der Waals surface area contributed by atoms with Crippen molar-refractivity contribution in [3.05, 3.63) is 109 Å². The molecule has 0 fully saturated rings. The second-order valence-corrected chi connectivity index (χ2v) is 11.4. The zero-order valence-electron chi connectivity index (χ0n) is 16.4. The van der Waals surface area contributed by atoms with E-state index in [1.807, 2.05) is 54.6 Å². The van der Waals surface area contributed by atoms with Crippen LogP contribution in [-0.2, 0) is 0 Å². The fourth-order valence-corrected chi connectivity index (χ4v) is 7.87. The Morgan fingerprint density at radius 3 is 2.00 bits per heavy atom. The summed E-state index contributed by atoms with van der Waals surface area (Å²) in [5, 5.41) is 3.67. The Morgan fingerprint density at radius 1 is 0.594 bits per heavy atom. The molecule has 0 radical (unpaired) electrons. The molecule has 32 heavy (non-hydrogen) atoms. The van der Waals surface area contributed by atoms with Gasteiger partial charge in [-0.25, -0.2) is 0 Å². The van der Waals surface area contributed by atoms with Crippen LogP contribution in [0.1, 0.15) is 0 Å². The van der Waals surface area contributed by atoms with Crippen LogP contribution in [0.4, 0.5) is 0 Å². The van der Waals surface area contributed by atoms with Crippen molar-refractivity contribution in [2.24, 2.45) is 0 Å². The van der Waals surface area contributed by atoms with E-state index in [0.717, 1.165) is 23.7 Å². The first-order valence-electron chi connectivity index (χ1n) is 9.85. The molecule has 0 spiro atoms. The number of rotatable bonds is 1. The average Bonchev–Trinajstić information content (AvgIpc) is 2.80. The minimum absolute atomic E-state index is 0.0185. The van der Waals surface area contributed by atoms with E-state index in [9.17, 15) is 9.59 Å². The maximum absolute atomic E-state index is 13.3. The Kier molecular flexibility index (Phi) is 4.60. The first-order chi connectivity index (χ1) is 15.5. The van der Waals surface area contributed by atoms with Crippen molar-refractivity contribution >= 4 is 85.4 Å². The standard InChI is InChI=1S/C26H13Cl2O2S2/c27-14-5-8-21-18(11-14)26(30)19-13-16(7-9-22(19)31-21)32-23-4-2-1-3-17(23)25(29)20-12-15(28)6-10-24(20)32/h1-13H/q+1. The number of fused-ring (bicyclic) bond motifs is 4. The van der Waals surface area contributed by atoms with Crippen LogP contribution in [0.2, 0.25) is 10.0 Å². The van der Waals surface area contributed by atoms with Gasteiger partial charge in [0.05, 0.1) is 10.8 Å². The van der Waals surface area contributed by atoms with Crippen LogP contribution >= 0.6 is 45.0 Å². The number of hydrogen-bond acceptors (Lipinski definition) is 3. The molecule has 0 saturated carbocycles. The van der Waals surface area contributed by atoms with Crippen molar-refractivity contribution in [1.29, 1.82) is 0 Å². The Morgan fingerprint density at radius 2 is 1.19 bits per heavy atom. The summed E-state index contributed by atoms with van der Waals surface area (Å²) >= 11 is 14.0. The highest BCUT2D eigenvalue weighted by molar-refractivity contribution is 7.49. The fourth-order valence-electron chi connectivity index (χ4n) is 4.14. The maximum atomic E-state index is 13.3. The Balaban J connectivity index is 1.77. The highest BCUT2D eigenvalue weighted by Gasteiger charge is 2.23. The monoisotopic (exact) mass is 491 g/mol. The second kappa shape index (κ2) is 7.39. The van der Waals surface area contributed by atoms with Crippen molar-refractivity contribution in [2.75, 3.05) is 0 Å². The van der Waals surface area contributed by atoms with Crippen molar-refractivity contribution in [3.8, 4) is 4.90 Å². The van der Waals surface area contributed by atoms with Gasteiger partial charge >= 0.3 is 0 Å². The van der Waals surface area contributed by atoms with Crippen LogP contribution in [0, 0.1) is 0 Å². The number of halogens is 2. The van der Waals surface area contributed by atoms with E-state index in [-0.39, 0.29) is 10.9 Å². The third kappa shape index (κ3) is 2.99. The van der Waals surface area contributed by atoms with Gasteiger partial charge in [-0.15, -0.1) is 11.3 Å². The molecule has 0 aliphatic carbocycles.